The standard InChI is InChI=1S/C19H27N3O5S/c1-28(25,26)22-12-8-15(9-13-22)19(24)27-14-18(23)20-16-4-6-17(7-5-16)21-10-2-3-11-21/h4-7,15H,2-3,8-14H2,1H3,(H,20,23). The van der Waals surface area contributed by atoms with E-state index < -0.39 is 21.9 Å². The summed E-state index contributed by atoms with van der Waals surface area (Å²) < 4.78 is 29.5. The largest absolute Gasteiger partial charge is 0.455 e. The van der Waals surface area contributed by atoms with Crippen molar-refractivity contribution in [1.82, 2.24) is 4.31 Å². The van der Waals surface area contributed by atoms with Crippen LogP contribution in [0, 0.1) is 5.92 Å². The van der Waals surface area contributed by atoms with E-state index in [-0.39, 0.29) is 12.5 Å². The van der Waals surface area contributed by atoms with E-state index in [2.05, 4.69) is 10.2 Å². The molecular formula is C19H27N3O5S. The van der Waals surface area contributed by atoms with E-state index in [9.17, 15) is 18.0 Å². The Labute approximate surface area is 165 Å². The molecule has 2 heterocycles. The SMILES string of the molecule is CS(=O)(=O)N1CCC(C(=O)OCC(=O)Nc2ccc(N3CCCC3)cc2)CC1. The first kappa shape index (κ1) is 20.6. The average molecular weight is 410 g/mol. The van der Waals surface area contributed by atoms with Crippen LogP contribution < -0.4 is 10.2 Å². The highest BCUT2D eigenvalue weighted by Crippen LogP contribution is 2.22. The molecule has 0 unspecified atom stereocenters. The van der Waals surface area contributed by atoms with E-state index >= 15 is 0 Å². The van der Waals surface area contributed by atoms with Crippen molar-refractivity contribution in [2.24, 2.45) is 5.92 Å². The van der Waals surface area contributed by atoms with Gasteiger partial charge in [-0.3, -0.25) is 9.59 Å². The molecule has 1 amide bonds. The van der Waals surface area contributed by atoms with Gasteiger partial charge in [-0.25, -0.2) is 12.7 Å². The summed E-state index contributed by atoms with van der Waals surface area (Å²) in [5, 5.41) is 2.72. The molecule has 0 saturated carbocycles. The Bertz CT molecular complexity index is 795. The zero-order valence-electron chi connectivity index (χ0n) is 16.1. The molecule has 1 aromatic rings. The lowest BCUT2D eigenvalue weighted by molar-refractivity contribution is -0.152. The van der Waals surface area contributed by atoms with Crippen LogP contribution in [0.15, 0.2) is 24.3 Å². The van der Waals surface area contributed by atoms with Crippen molar-refractivity contribution in [2.75, 3.05) is 49.3 Å². The molecule has 0 radical (unpaired) electrons. The molecule has 1 N–H and O–H groups in total. The van der Waals surface area contributed by atoms with E-state index in [1.807, 2.05) is 24.3 Å². The maximum Gasteiger partial charge on any atom is 0.309 e. The molecular weight excluding hydrogens is 382 g/mol. The number of carbonyl (C=O) groups is 2. The minimum atomic E-state index is -3.23. The molecule has 0 bridgehead atoms. The van der Waals surface area contributed by atoms with E-state index in [1.54, 1.807) is 0 Å². The lowest BCUT2D eigenvalue weighted by Crippen LogP contribution is -2.40. The molecule has 0 aliphatic carbocycles. The van der Waals surface area contributed by atoms with Crippen molar-refractivity contribution in [2.45, 2.75) is 25.7 Å². The van der Waals surface area contributed by atoms with Gasteiger partial charge in [-0.05, 0) is 49.9 Å². The molecule has 1 aromatic carbocycles. The zero-order valence-corrected chi connectivity index (χ0v) is 16.9. The zero-order chi connectivity index (χ0) is 20.1. The van der Waals surface area contributed by atoms with Gasteiger partial charge in [-0.1, -0.05) is 0 Å². The Hall–Kier alpha value is -2.13. The Kier molecular flexibility index (Phi) is 6.56. The number of ether oxygens (including phenoxy) is 1. The summed E-state index contributed by atoms with van der Waals surface area (Å²) in [6.45, 7) is 2.37. The van der Waals surface area contributed by atoms with Crippen molar-refractivity contribution >= 4 is 33.3 Å². The van der Waals surface area contributed by atoms with Gasteiger partial charge in [0.2, 0.25) is 10.0 Å². The lowest BCUT2D eigenvalue weighted by atomic mass is 9.98. The maximum absolute atomic E-state index is 12.1. The number of anilines is 2. The molecule has 0 aromatic heterocycles. The van der Waals surface area contributed by atoms with Gasteiger partial charge in [0.25, 0.3) is 5.91 Å². The Morgan fingerprint density at radius 3 is 2.25 bits per heavy atom. The number of nitrogens with one attached hydrogen (secondary N) is 1. The highest BCUT2D eigenvalue weighted by Gasteiger charge is 2.30. The van der Waals surface area contributed by atoms with Crippen LogP contribution in [0.2, 0.25) is 0 Å². The van der Waals surface area contributed by atoms with E-state index in [1.165, 1.54) is 17.1 Å². The summed E-state index contributed by atoms with van der Waals surface area (Å²) in [6.07, 6.45) is 4.39. The fourth-order valence-electron chi connectivity index (χ4n) is 3.61. The Morgan fingerprint density at radius 1 is 1.07 bits per heavy atom. The Balaban J connectivity index is 1.41. The smallest absolute Gasteiger partial charge is 0.309 e. The van der Waals surface area contributed by atoms with Gasteiger partial charge in [0.15, 0.2) is 6.61 Å². The second-order valence-corrected chi connectivity index (χ2v) is 9.32. The summed E-state index contributed by atoms with van der Waals surface area (Å²) >= 11 is 0. The number of hydrogen-bond donors (Lipinski definition) is 1. The number of benzene rings is 1. The number of hydrogen-bond acceptors (Lipinski definition) is 6. The highest BCUT2D eigenvalue weighted by atomic mass is 32.2. The fraction of sp³-hybridized carbons (Fsp3) is 0.579. The van der Waals surface area contributed by atoms with Gasteiger partial charge < -0.3 is 15.0 Å². The Morgan fingerprint density at radius 2 is 1.68 bits per heavy atom. The van der Waals surface area contributed by atoms with Crippen LogP contribution in [0.4, 0.5) is 11.4 Å². The second kappa shape index (κ2) is 8.91. The molecule has 8 nitrogen and oxygen atoms in total. The molecule has 0 atom stereocenters. The van der Waals surface area contributed by atoms with Crippen molar-refractivity contribution in [3.63, 3.8) is 0 Å². The number of carbonyl (C=O) groups excluding carboxylic acids is 2. The predicted molar refractivity (Wildman–Crippen MR) is 107 cm³/mol. The van der Waals surface area contributed by atoms with Crippen LogP contribution in [0.3, 0.4) is 0 Å². The minimum Gasteiger partial charge on any atom is -0.455 e. The fourth-order valence-corrected chi connectivity index (χ4v) is 4.48. The highest BCUT2D eigenvalue weighted by molar-refractivity contribution is 7.88. The number of rotatable bonds is 6. The van der Waals surface area contributed by atoms with Crippen LogP contribution in [0.25, 0.3) is 0 Å². The van der Waals surface area contributed by atoms with Crippen LogP contribution in [0.1, 0.15) is 25.7 Å². The van der Waals surface area contributed by atoms with E-state index in [0.29, 0.717) is 31.6 Å². The topological polar surface area (TPSA) is 96.0 Å². The van der Waals surface area contributed by atoms with E-state index in [0.717, 1.165) is 25.0 Å². The molecule has 3 rings (SSSR count). The summed E-state index contributed by atoms with van der Waals surface area (Å²) in [7, 11) is -3.23. The van der Waals surface area contributed by atoms with Gasteiger partial charge in [0.05, 0.1) is 12.2 Å². The number of sulfonamides is 1. The third-order valence-electron chi connectivity index (χ3n) is 5.22. The third kappa shape index (κ3) is 5.45. The molecule has 9 heteroatoms. The quantitative estimate of drug-likeness (QED) is 0.715. The van der Waals surface area contributed by atoms with Crippen LogP contribution in [-0.2, 0) is 24.3 Å². The van der Waals surface area contributed by atoms with E-state index in [4.69, 9.17) is 4.74 Å². The molecule has 154 valence electrons. The minimum absolute atomic E-state index is 0.300. The first-order valence-electron chi connectivity index (χ1n) is 9.59. The molecule has 28 heavy (non-hydrogen) atoms. The predicted octanol–water partition coefficient (Wildman–Crippen LogP) is 1.44. The van der Waals surface area contributed by atoms with Crippen LogP contribution >= 0.6 is 0 Å². The first-order chi connectivity index (χ1) is 13.3. The molecule has 0 spiro atoms. The summed E-state index contributed by atoms with van der Waals surface area (Å²) in [4.78, 5) is 26.5. The van der Waals surface area contributed by atoms with Crippen molar-refractivity contribution in [1.29, 1.82) is 0 Å². The number of piperidine rings is 1. The summed E-state index contributed by atoms with van der Waals surface area (Å²) in [6, 6.07) is 7.63. The second-order valence-electron chi connectivity index (χ2n) is 7.33. The van der Waals surface area contributed by atoms with Gasteiger partial charge in [0, 0.05) is 37.6 Å². The monoisotopic (exact) mass is 409 g/mol. The number of nitrogens with zero attached hydrogens (tertiary/aromatic N) is 2. The van der Waals surface area contributed by atoms with Crippen LogP contribution in [0.5, 0.6) is 0 Å². The van der Waals surface area contributed by atoms with Crippen molar-refractivity contribution in [3.05, 3.63) is 24.3 Å². The van der Waals surface area contributed by atoms with Gasteiger partial charge >= 0.3 is 5.97 Å². The molecule has 2 fully saturated rings. The third-order valence-corrected chi connectivity index (χ3v) is 6.53. The average Bonchev–Trinajstić information content (AvgIpc) is 3.21. The number of esters is 1. The lowest BCUT2D eigenvalue weighted by Gasteiger charge is -2.28. The van der Waals surface area contributed by atoms with Crippen molar-refractivity contribution < 1.29 is 22.7 Å². The summed E-state index contributed by atoms with van der Waals surface area (Å²) in [5.74, 6) is -1.21. The number of amides is 1. The van der Waals surface area contributed by atoms with Gasteiger partial charge in [-0.2, -0.15) is 0 Å². The normalized spacial score (nSPS) is 18.8. The molecule has 2 saturated heterocycles. The molecule has 2 aliphatic heterocycles. The van der Waals surface area contributed by atoms with Gasteiger partial charge in [-0.15, -0.1) is 0 Å². The maximum atomic E-state index is 12.1. The van der Waals surface area contributed by atoms with Gasteiger partial charge in [0.1, 0.15) is 0 Å². The molecule has 2 aliphatic rings. The first-order valence-corrected chi connectivity index (χ1v) is 11.4. The summed E-state index contributed by atoms with van der Waals surface area (Å²) in [5.41, 5.74) is 1.80. The van der Waals surface area contributed by atoms with Crippen LogP contribution in [-0.4, -0.2) is 63.6 Å². The van der Waals surface area contributed by atoms with Crippen molar-refractivity contribution in [3.8, 4) is 0 Å².